The SMILES string of the molecule is Cc1ccc(Cc2sc(CCN)nc2C)cc1. The van der Waals surface area contributed by atoms with Crippen molar-refractivity contribution in [1.82, 2.24) is 4.98 Å². The topological polar surface area (TPSA) is 38.9 Å². The van der Waals surface area contributed by atoms with Crippen LogP contribution in [0.4, 0.5) is 0 Å². The first-order valence-corrected chi connectivity index (χ1v) is 6.71. The summed E-state index contributed by atoms with van der Waals surface area (Å²) in [6, 6.07) is 8.70. The fourth-order valence-corrected chi connectivity index (χ4v) is 2.89. The molecule has 17 heavy (non-hydrogen) atoms. The van der Waals surface area contributed by atoms with Gasteiger partial charge in [-0.2, -0.15) is 0 Å². The van der Waals surface area contributed by atoms with Crippen LogP contribution in [0, 0.1) is 13.8 Å². The van der Waals surface area contributed by atoms with E-state index in [-0.39, 0.29) is 0 Å². The van der Waals surface area contributed by atoms with Gasteiger partial charge in [-0.05, 0) is 26.0 Å². The maximum absolute atomic E-state index is 5.56. The molecule has 0 unspecified atom stereocenters. The van der Waals surface area contributed by atoms with E-state index in [0.29, 0.717) is 6.54 Å². The molecular formula is C14H18N2S. The zero-order valence-electron chi connectivity index (χ0n) is 10.4. The van der Waals surface area contributed by atoms with Gasteiger partial charge in [0.15, 0.2) is 0 Å². The monoisotopic (exact) mass is 246 g/mol. The number of hydrogen-bond acceptors (Lipinski definition) is 3. The van der Waals surface area contributed by atoms with Crippen molar-refractivity contribution >= 4 is 11.3 Å². The van der Waals surface area contributed by atoms with E-state index in [4.69, 9.17) is 5.73 Å². The molecule has 2 N–H and O–H groups in total. The summed E-state index contributed by atoms with van der Waals surface area (Å²) in [5.74, 6) is 0. The van der Waals surface area contributed by atoms with Gasteiger partial charge in [0, 0.05) is 17.7 Å². The van der Waals surface area contributed by atoms with E-state index >= 15 is 0 Å². The van der Waals surface area contributed by atoms with E-state index < -0.39 is 0 Å². The van der Waals surface area contributed by atoms with Crippen LogP contribution in [-0.4, -0.2) is 11.5 Å². The molecule has 2 aromatic rings. The molecule has 0 saturated heterocycles. The molecule has 90 valence electrons. The Labute approximate surface area is 107 Å². The molecule has 0 spiro atoms. The van der Waals surface area contributed by atoms with Crippen molar-refractivity contribution in [3.05, 3.63) is 51.0 Å². The second kappa shape index (κ2) is 5.43. The van der Waals surface area contributed by atoms with Crippen LogP contribution in [0.25, 0.3) is 0 Å². The number of rotatable bonds is 4. The van der Waals surface area contributed by atoms with Gasteiger partial charge in [-0.3, -0.25) is 0 Å². The third-order valence-corrected chi connectivity index (χ3v) is 4.00. The first-order valence-electron chi connectivity index (χ1n) is 5.90. The molecule has 2 nitrogen and oxygen atoms in total. The van der Waals surface area contributed by atoms with E-state index in [0.717, 1.165) is 23.5 Å². The Kier molecular flexibility index (Phi) is 3.92. The first kappa shape index (κ1) is 12.3. The van der Waals surface area contributed by atoms with Crippen LogP contribution in [0.3, 0.4) is 0 Å². The zero-order valence-corrected chi connectivity index (χ0v) is 11.2. The molecule has 0 fully saturated rings. The molecule has 1 aromatic heterocycles. The van der Waals surface area contributed by atoms with Gasteiger partial charge in [0.05, 0.1) is 10.7 Å². The predicted molar refractivity (Wildman–Crippen MR) is 73.6 cm³/mol. The van der Waals surface area contributed by atoms with E-state index in [9.17, 15) is 0 Å². The maximum Gasteiger partial charge on any atom is 0.0943 e. The molecular weight excluding hydrogens is 228 g/mol. The normalized spacial score (nSPS) is 10.8. The molecule has 0 aliphatic heterocycles. The number of hydrogen-bond donors (Lipinski definition) is 1. The molecule has 0 saturated carbocycles. The van der Waals surface area contributed by atoms with Crippen LogP contribution in [0.1, 0.15) is 26.7 Å². The second-order valence-electron chi connectivity index (χ2n) is 4.32. The Hall–Kier alpha value is -1.19. The molecule has 2 rings (SSSR count). The Morgan fingerprint density at radius 1 is 1.18 bits per heavy atom. The highest BCUT2D eigenvalue weighted by Crippen LogP contribution is 2.21. The lowest BCUT2D eigenvalue weighted by Crippen LogP contribution is -2.01. The molecule has 0 radical (unpaired) electrons. The Morgan fingerprint density at radius 3 is 2.53 bits per heavy atom. The number of nitrogens with zero attached hydrogens (tertiary/aromatic N) is 1. The number of nitrogens with two attached hydrogens (primary N) is 1. The number of thiazole rings is 1. The van der Waals surface area contributed by atoms with E-state index in [1.165, 1.54) is 16.0 Å². The van der Waals surface area contributed by atoms with Crippen molar-refractivity contribution in [1.29, 1.82) is 0 Å². The first-order chi connectivity index (χ1) is 8.19. The number of aryl methyl sites for hydroxylation is 2. The third kappa shape index (κ3) is 3.14. The summed E-state index contributed by atoms with van der Waals surface area (Å²) < 4.78 is 0. The van der Waals surface area contributed by atoms with Crippen LogP contribution in [0.5, 0.6) is 0 Å². The van der Waals surface area contributed by atoms with Gasteiger partial charge >= 0.3 is 0 Å². The minimum atomic E-state index is 0.678. The molecule has 3 heteroatoms. The highest BCUT2D eigenvalue weighted by atomic mass is 32.1. The van der Waals surface area contributed by atoms with Gasteiger partial charge in [0.25, 0.3) is 0 Å². The van der Waals surface area contributed by atoms with Gasteiger partial charge in [0.1, 0.15) is 0 Å². The Balaban J connectivity index is 2.15. The smallest absolute Gasteiger partial charge is 0.0943 e. The van der Waals surface area contributed by atoms with E-state index in [1.807, 2.05) is 0 Å². The fraction of sp³-hybridized carbons (Fsp3) is 0.357. The summed E-state index contributed by atoms with van der Waals surface area (Å²) in [7, 11) is 0. The average Bonchev–Trinajstić information content (AvgIpc) is 2.63. The summed E-state index contributed by atoms with van der Waals surface area (Å²) in [5.41, 5.74) is 9.36. The maximum atomic E-state index is 5.56. The highest BCUT2D eigenvalue weighted by Gasteiger charge is 2.07. The van der Waals surface area contributed by atoms with Gasteiger partial charge in [-0.25, -0.2) is 4.98 Å². The van der Waals surface area contributed by atoms with E-state index in [2.05, 4.69) is 43.1 Å². The molecule has 1 heterocycles. The van der Waals surface area contributed by atoms with Crippen LogP contribution < -0.4 is 5.73 Å². The van der Waals surface area contributed by atoms with Crippen molar-refractivity contribution in [2.75, 3.05) is 6.54 Å². The third-order valence-electron chi connectivity index (χ3n) is 2.78. The van der Waals surface area contributed by atoms with Gasteiger partial charge in [-0.1, -0.05) is 29.8 Å². The summed E-state index contributed by atoms with van der Waals surface area (Å²) in [4.78, 5) is 5.91. The lowest BCUT2D eigenvalue weighted by atomic mass is 10.1. The zero-order chi connectivity index (χ0) is 12.3. The Bertz CT molecular complexity index is 485. The summed E-state index contributed by atoms with van der Waals surface area (Å²) in [6.07, 6.45) is 1.87. The average molecular weight is 246 g/mol. The highest BCUT2D eigenvalue weighted by molar-refractivity contribution is 7.11. The molecule has 0 atom stereocenters. The fourth-order valence-electron chi connectivity index (χ4n) is 1.77. The number of aromatic nitrogens is 1. The van der Waals surface area contributed by atoms with Crippen molar-refractivity contribution in [2.24, 2.45) is 5.73 Å². The lowest BCUT2D eigenvalue weighted by molar-refractivity contribution is 0.943. The predicted octanol–water partition coefficient (Wildman–Crippen LogP) is 2.85. The van der Waals surface area contributed by atoms with Gasteiger partial charge in [0.2, 0.25) is 0 Å². The van der Waals surface area contributed by atoms with Gasteiger partial charge < -0.3 is 5.73 Å². The minimum absolute atomic E-state index is 0.678. The molecule has 0 bridgehead atoms. The molecule has 0 amide bonds. The van der Waals surface area contributed by atoms with Crippen molar-refractivity contribution in [3.63, 3.8) is 0 Å². The lowest BCUT2D eigenvalue weighted by Gasteiger charge is -2.00. The van der Waals surface area contributed by atoms with Crippen LogP contribution in [0.2, 0.25) is 0 Å². The summed E-state index contributed by atoms with van der Waals surface area (Å²) in [6.45, 7) is 4.87. The molecule has 1 aromatic carbocycles. The summed E-state index contributed by atoms with van der Waals surface area (Å²) in [5, 5.41) is 1.16. The van der Waals surface area contributed by atoms with Gasteiger partial charge in [-0.15, -0.1) is 11.3 Å². The molecule has 0 aliphatic carbocycles. The van der Waals surface area contributed by atoms with Crippen LogP contribution in [-0.2, 0) is 12.8 Å². The standard InChI is InChI=1S/C14H18N2S/c1-10-3-5-12(6-4-10)9-13-11(2)16-14(17-13)7-8-15/h3-6H,7-9,15H2,1-2H3. The number of benzene rings is 1. The molecule has 0 aliphatic rings. The van der Waals surface area contributed by atoms with Crippen molar-refractivity contribution in [3.8, 4) is 0 Å². The second-order valence-corrected chi connectivity index (χ2v) is 5.49. The van der Waals surface area contributed by atoms with Crippen LogP contribution >= 0.6 is 11.3 Å². The minimum Gasteiger partial charge on any atom is -0.330 e. The van der Waals surface area contributed by atoms with Crippen molar-refractivity contribution in [2.45, 2.75) is 26.7 Å². The van der Waals surface area contributed by atoms with Crippen molar-refractivity contribution < 1.29 is 0 Å². The summed E-state index contributed by atoms with van der Waals surface area (Å²) >= 11 is 1.79. The van der Waals surface area contributed by atoms with Crippen LogP contribution in [0.15, 0.2) is 24.3 Å². The largest absolute Gasteiger partial charge is 0.330 e. The Morgan fingerprint density at radius 2 is 1.88 bits per heavy atom. The van der Waals surface area contributed by atoms with E-state index in [1.54, 1.807) is 11.3 Å². The quantitative estimate of drug-likeness (QED) is 0.901.